The third-order valence-corrected chi connectivity index (χ3v) is 6.58. The van der Waals surface area contributed by atoms with Crippen molar-refractivity contribution in [3.8, 4) is 5.75 Å². The highest BCUT2D eigenvalue weighted by molar-refractivity contribution is 7.87. The second-order valence-corrected chi connectivity index (χ2v) is 9.43. The monoisotopic (exact) mass is 506 g/mol. The summed E-state index contributed by atoms with van der Waals surface area (Å²) in [4.78, 5) is 13.9. The Kier molecular flexibility index (Phi) is 8.06. The van der Waals surface area contributed by atoms with Gasteiger partial charge in [0.1, 0.15) is 10.6 Å². The van der Waals surface area contributed by atoms with Gasteiger partial charge in [-0.1, -0.05) is 43.3 Å². The van der Waals surface area contributed by atoms with Crippen molar-refractivity contribution in [2.75, 3.05) is 5.32 Å². The Balaban J connectivity index is 1.73. The van der Waals surface area contributed by atoms with Crippen molar-refractivity contribution in [2.24, 2.45) is 0 Å². The number of benzene rings is 3. The highest BCUT2D eigenvalue weighted by atomic mass is 32.2. The van der Waals surface area contributed by atoms with E-state index in [0.717, 1.165) is 30.2 Å². The predicted octanol–water partition coefficient (Wildman–Crippen LogP) is 6.31. The molecule has 3 aromatic rings. The Hall–Kier alpha value is -3.53. The third kappa shape index (κ3) is 6.98. The molecule has 35 heavy (non-hydrogen) atoms. The van der Waals surface area contributed by atoms with Gasteiger partial charge >= 0.3 is 22.3 Å². The summed E-state index contributed by atoms with van der Waals surface area (Å²) < 4.78 is 68.8. The van der Waals surface area contributed by atoms with Gasteiger partial charge in [0.15, 0.2) is 0 Å². The van der Waals surface area contributed by atoms with E-state index in [1.165, 1.54) is 12.1 Å². The number of carbonyl (C=O) groups excluding carboxylic acids is 1. The minimum atomic E-state index is -4.68. The zero-order valence-electron chi connectivity index (χ0n) is 19.1. The molecule has 3 rings (SSSR count). The van der Waals surface area contributed by atoms with Crippen molar-refractivity contribution in [3.63, 3.8) is 0 Å². The van der Waals surface area contributed by atoms with Gasteiger partial charge in [0.2, 0.25) is 0 Å². The van der Waals surface area contributed by atoms with Crippen LogP contribution in [0.25, 0.3) is 0 Å². The van der Waals surface area contributed by atoms with Crippen LogP contribution in [0.1, 0.15) is 31.4 Å². The first-order valence-corrected chi connectivity index (χ1v) is 12.2. The van der Waals surface area contributed by atoms with Crippen molar-refractivity contribution in [1.82, 2.24) is 4.90 Å². The molecule has 0 heterocycles. The maximum Gasteiger partial charge on any atom is 0.416 e. The highest BCUT2D eigenvalue weighted by Crippen LogP contribution is 2.31. The van der Waals surface area contributed by atoms with Crippen LogP contribution >= 0.6 is 0 Å². The van der Waals surface area contributed by atoms with E-state index in [4.69, 9.17) is 4.18 Å². The van der Waals surface area contributed by atoms with Gasteiger partial charge in [-0.2, -0.15) is 21.6 Å². The fraction of sp³-hybridized carbons (Fsp3) is 0.240. The number of nitrogens with one attached hydrogen (secondary N) is 1. The number of anilines is 1. The number of halogens is 3. The van der Waals surface area contributed by atoms with E-state index in [1.807, 2.05) is 32.0 Å². The molecule has 186 valence electrons. The zero-order chi connectivity index (χ0) is 25.6. The predicted molar refractivity (Wildman–Crippen MR) is 126 cm³/mol. The number of para-hydroxylation sites is 1. The standard InChI is InChI=1S/C25H25F3N2O4S/c1-3-18(2)30(24(31)29-21-9-5-4-6-10-21)17-19-12-14-22(15-13-19)34-35(32,33)23-11-7-8-20(16-23)25(26,27)28/h4-16,18H,3,17H2,1-2H3,(H,29,31)/t18-/m0/s1. The molecule has 0 fully saturated rings. The molecule has 0 bridgehead atoms. The molecular formula is C25H25F3N2O4S. The average molecular weight is 507 g/mol. The van der Waals surface area contributed by atoms with Crippen LogP contribution < -0.4 is 9.50 Å². The summed E-state index contributed by atoms with van der Waals surface area (Å²) >= 11 is 0. The molecule has 10 heteroatoms. The lowest BCUT2D eigenvalue weighted by Gasteiger charge is -2.29. The fourth-order valence-corrected chi connectivity index (χ4v) is 4.19. The number of nitrogens with zero attached hydrogens (tertiary/aromatic N) is 1. The Morgan fingerprint density at radius 3 is 2.26 bits per heavy atom. The molecule has 0 radical (unpaired) electrons. The number of amides is 2. The van der Waals surface area contributed by atoms with E-state index < -0.39 is 26.8 Å². The summed E-state index contributed by atoms with van der Waals surface area (Å²) in [5, 5.41) is 2.86. The quantitative estimate of drug-likeness (QED) is 0.364. The zero-order valence-corrected chi connectivity index (χ0v) is 19.9. The smallest absolute Gasteiger partial charge is 0.379 e. The molecule has 0 aliphatic carbocycles. The Labute approximate surface area is 202 Å². The first-order valence-electron chi connectivity index (χ1n) is 10.8. The molecule has 0 spiro atoms. The van der Waals surface area contributed by atoms with Crippen LogP contribution in [0, 0.1) is 0 Å². The minimum Gasteiger partial charge on any atom is -0.379 e. The number of carbonyl (C=O) groups is 1. The molecule has 3 aromatic carbocycles. The molecule has 1 N–H and O–H groups in total. The SMILES string of the molecule is CC[C@H](C)N(Cc1ccc(OS(=O)(=O)c2cccc(C(F)(F)F)c2)cc1)C(=O)Nc1ccccc1. The van der Waals surface area contributed by atoms with Crippen molar-refractivity contribution < 1.29 is 30.6 Å². The van der Waals surface area contributed by atoms with Crippen molar-refractivity contribution in [1.29, 1.82) is 0 Å². The number of hydrogen-bond donors (Lipinski definition) is 1. The largest absolute Gasteiger partial charge is 0.416 e. The maximum absolute atomic E-state index is 12.9. The Morgan fingerprint density at radius 2 is 1.66 bits per heavy atom. The van der Waals surface area contributed by atoms with Crippen LogP contribution in [0.15, 0.2) is 83.8 Å². The first kappa shape index (κ1) is 26.1. The average Bonchev–Trinajstić information content (AvgIpc) is 2.83. The van der Waals surface area contributed by atoms with Gasteiger partial charge in [0, 0.05) is 18.3 Å². The van der Waals surface area contributed by atoms with Gasteiger partial charge in [-0.3, -0.25) is 0 Å². The first-order chi connectivity index (χ1) is 16.5. The molecule has 2 amide bonds. The van der Waals surface area contributed by atoms with Crippen molar-refractivity contribution in [2.45, 2.75) is 43.9 Å². The van der Waals surface area contributed by atoms with Crippen LogP contribution in [0.3, 0.4) is 0 Å². The topological polar surface area (TPSA) is 75.7 Å². The fourth-order valence-electron chi connectivity index (χ4n) is 3.21. The van der Waals surface area contributed by atoms with Crippen LogP contribution in [0.5, 0.6) is 5.75 Å². The molecular weight excluding hydrogens is 481 g/mol. The summed E-state index contributed by atoms with van der Waals surface area (Å²) in [5.41, 5.74) is 0.295. The van der Waals surface area contributed by atoms with E-state index in [-0.39, 0.29) is 24.4 Å². The molecule has 0 aliphatic rings. The van der Waals surface area contributed by atoms with Gasteiger partial charge in [-0.25, -0.2) is 4.79 Å². The molecule has 0 saturated carbocycles. The van der Waals surface area contributed by atoms with Crippen LogP contribution in [-0.4, -0.2) is 25.4 Å². The summed E-state index contributed by atoms with van der Waals surface area (Å²) in [7, 11) is -4.47. The van der Waals surface area contributed by atoms with Gasteiger partial charge in [0.05, 0.1) is 5.56 Å². The minimum absolute atomic E-state index is 0.0602. The van der Waals surface area contributed by atoms with Crippen molar-refractivity contribution >= 4 is 21.8 Å². The molecule has 0 unspecified atom stereocenters. The van der Waals surface area contributed by atoms with E-state index in [2.05, 4.69) is 5.32 Å². The summed E-state index contributed by atoms with van der Waals surface area (Å²) in [6, 6.07) is 18.0. The molecule has 0 aliphatic heterocycles. The molecule has 1 atom stereocenters. The van der Waals surface area contributed by atoms with E-state index in [0.29, 0.717) is 11.8 Å². The van der Waals surface area contributed by atoms with E-state index >= 15 is 0 Å². The molecule has 0 aromatic heterocycles. The summed E-state index contributed by atoms with van der Waals surface area (Å²) in [6.07, 6.45) is -3.96. The van der Waals surface area contributed by atoms with Gasteiger partial charge < -0.3 is 14.4 Å². The lowest BCUT2D eigenvalue weighted by atomic mass is 10.1. The van der Waals surface area contributed by atoms with Gasteiger partial charge in [0.25, 0.3) is 0 Å². The van der Waals surface area contributed by atoms with Crippen LogP contribution in [0.2, 0.25) is 0 Å². The van der Waals surface area contributed by atoms with Gasteiger partial charge in [-0.15, -0.1) is 0 Å². The number of hydrogen-bond acceptors (Lipinski definition) is 4. The molecule has 0 saturated heterocycles. The third-order valence-electron chi connectivity index (χ3n) is 5.34. The van der Waals surface area contributed by atoms with Crippen LogP contribution in [-0.2, 0) is 22.8 Å². The van der Waals surface area contributed by atoms with Gasteiger partial charge in [-0.05, 0) is 61.4 Å². The second kappa shape index (κ2) is 10.8. The van der Waals surface area contributed by atoms with Crippen LogP contribution in [0.4, 0.5) is 23.7 Å². The van der Waals surface area contributed by atoms with E-state index in [9.17, 15) is 26.4 Å². The Morgan fingerprint density at radius 1 is 1.00 bits per heavy atom. The van der Waals surface area contributed by atoms with Crippen molar-refractivity contribution in [3.05, 3.63) is 90.0 Å². The summed E-state index contributed by atoms with van der Waals surface area (Å²) in [6.45, 7) is 4.14. The van der Waals surface area contributed by atoms with E-state index in [1.54, 1.807) is 29.2 Å². The molecule has 6 nitrogen and oxygen atoms in total. The lowest BCUT2D eigenvalue weighted by Crippen LogP contribution is -2.40. The Bertz CT molecular complexity index is 1250. The lowest BCUT2D eigenvalue weighted by molar-refractivity contribution is -0.137. The number of rotatable bonds is 8. The number of alkyl halides is 3. The maximum atomic E-state index is 12.9. The highest BCUT2D eigenvalue weighted by Gasteiger charge is 2.32. The summed E-state index contributed by atoms with van der Waals surface area (Å²) in [5.74, 6) is -0.0602. The normalized spacial score (nSPS) is 12.6. The number of urea groups is 1. The second-order valence-electron chi connectivity index (χ2n) is 7.89.